The third-order valence-corrected chi connectivity index (χ3v) is 5.94. The number of ether oxygens (including phenoxy) is 1. The highest BCUT2D eigenvalue weighted by molar-refractivity contribution is 7.99. The number of rotatable bonds is 7. The van der Waals surface area contributed by atoms with Gasteiger partial charge in [0.25, 0.3) is 5.60 Å². The van der Waals surface area contributed by atoms with E-state index in [2.05, 4.69) is 4.74 Å². The molecule has 0 amide bonds. The minimum Gasteiger partial charge on any atom is -0.507 e. The van der Waals surface area contributed by atoms with Crippen molar-refractivity contribution in [1.82, 2.24) is 0 Å². The van der Waals surface area contributed by atoms with Gasteiger partial charge in [0.1, 0.15) is 11.6 Å². The number of phenolic OH excluding ortho intramolecular Hbond substituents is 1. The van der Waals surface area contributed by atoms with E-state index in [1.165, 1.54) is 30.7 Å². The number of methoxy groups -OCH3 is 1. The Bertz CT molecular complexity index is 1270. The van der Waals surface area contributed by atoms with Crippen molar-refractivity contribution >= 4 is 23.3 Å². The number of halogens is 7. The summed E-state index contributed by atoms with van der Waals surface area (Å²) in [5.74, 6) is -3.16. The number of phenols is 1. The number of aliphatic carboxylic acids is 1. The summed E-state index contributed by atoms with van der Waals surface area (Å²) in [7, 11) is 0.220. The van der Waals surface area contributed by atoms with E-state index in [0.717, 1.165) is 12.1 Å². The van der Waals surface area contributed by atoms with Crippen LogP contribution in [-0.2, 0) is 15.1 Å². The fourth-order valence-corrected chi connectivity index (χ4v) is 4.40. The van der Waals surface area contributed by atoms with E-state index in [1.807, 2.05) is 0 Å². The molecule has 0 aliphatic heterocycles. The molecule has 0 radical (unpaired) electrons. The lowest BCUT2D eigenvalue weighted by molar-refractivity contribution is -0.383. The zero-order valence-electron chi connectivity index (χ0n) is 17.9. The number of hydrogen-bond acceptors (Lipinski definition) is 5. The largest absolute Gasteiger partial charge is 0.507 e. The fourth-order valence-electron chi connectivity index (χ4n) is 3.46. The molecule has 13 heteroatoms. The summed E-state index contributed by atoms with van der Waals surface area (Å²) in [6.07, 6.45) is -8.61. The zero-order chi connectivity index (χ0) is 26.9. The van der Waals surface area contributed by atoms with Crippen LogP contribution < -0.4 is 0 Å². The van der Waals surface area contributed by atoms with E-state index in [9.17, 15) is 40.6 Å². The quantitative estimate of drug-likeness (QED) is 0.257. The van der Waals surface area contributed by atoms with E-state index in [4.69, 9.17) is 9.52 Å². The Morgan fingerprint density at radius 1 is 1.00 bits per heavy atom. The highest BCUT2D eigenvalue weighted by atomic mass is 32.2. The summed E-state index contributed by atoms with van der Waals surface area (Å²) >= 11 is 0.565. The standard InChI is InChI=1S/C23H15F7O5S/c1-34-21(22(25,26)27,23(28,29)30)13-6-14(24)8-16(7-13)36-15-2-3-17(19(31)9-15)18(10-20(32)33)12-4-5-35-11-12/h2-11,31H,1H3,(H,32,33). The lowest BCUT2D eigenvalue weighted by Gasteiger charge is -2.36. The van der Waals surface area contributed by atoms with Crippen LogP contribution in [0.1, 0.15) is 16.7 Å². The molecule has 3 aromatic rings. The first kappa shape index (κ1) is 27.1. The molecule has 1 heterocycles. The Morgan fingerprint density at radius 2 is 1.67 bits per heavy atom. The van der Waals surface area contributed by atoms with Gasteiger partial charge in [-0.15, -0.1) is 0 Å². The molecule has 5 nitrogen and oxygen atoms in total. The first-order valence-corrected chi connectivity index (χ1v) is 10.5. The molecule has 0 saturated carbocycles. The van der Waals surface area contributed by atoms with Crippen LogP contribution in [0.15, 0.2) is 75.3 Å². The summed E-state index contributed by atoms with van der Waals surface area (Å²) in [5.41, 5.74) is -5.85. The van der Waals surface area contributed by atoms with Crippen LogP contribution >= 0.6 is 11.8 Å². The van der Waals surface area contributed by atoms with Gasteiger partial charge in [-0.2, -0.15) is 26.3 Å². The molecule has 0 fully saturated rings. The number of benzene rings is 2. The van der Waals surface area contributed by atoms with Crippen molar-refractivity contribution in [2.45, 2.75) is 27.7 Å². The van der Waals surface area contributed by atoms with Gasteiger partial charge in [0.15, 0.2) is 0 Å². The van der Waals surface area contributed by atoms with Gasteiger partial charge >= 0.3 is 18.3 Å². The molecule has 0 bridgehead atoms. The Hall–Kier alpha value is -3.45. The van der Waals surface area contributed by atoms with Crippen LogP contribution in [-0.4, -0.2) is 35.6 Å². The van der Waals surface area contributed by atoms with Crippen LogP contribution in [0.3, 0.4) is 0 Å². The third-order valence-electron chi connectivity index (χ3n) is 4.98. The third kappa shape index (κ3) is 5.21. The Labute approximate surface area is 202 Å². The molecule has 1 aromatic heterocycles. The van der Waals surface area contributed by atoms with E-state index in [0.29, 0.717) is 29.5 Å². The number of carboxylic acid groups (broad SMARTS) is 1. The molecule has 36 heavy (non-hydrogen) atoms. The van der Waals surface area contributed by atoms with Gasteiger partial charge in [0.05, 0.1) is 12.5 Å². The number of carboxylic acids is 1. The normalized spacial score (nSPS) is 13.2. The van der Waals surface area contributed by atoms with Crippen LogP contribution in [0.2, 0.25) is 0 Å². The van der Waals surface area contributed by atoms with Crippen LogP contribution in [0.5, 0.6) is 5.75 Å². The van der Waals surface area contributed by atoms with Crippen molar-refractivity contribution in [2.24, 2.45) is 0 Å². The molecule has 3 rings (SSSR count). The first-order chi connectivity index (χ1) is 16.7. The number of carbonyl (C=O) groups is 1. The van der Waals surface area contributed by atoms with Gasteiger partial charge in [0.2, 0.25) is 0 Å². The number of aromatic hydroxyl groups is 1. The van der Waals surface area contributed by atoms with E-state index < -0.39 is 41.1 Å². The summed E-state index contributed by atoms with van der Waals surface area (Å²) in [5, 5.41) is 19.6. The summed E-state index contributed by atoms with van der Waals surface area (Å²) in [6.45, 7) is 0. The second-order valence-electron chi connectivity index (χ2n) is 7.25. The molecule has 0 aliphatic carbocycles. The molecule has 0 aliphatic rings. The minimum atomic E-state index is -5.96. The maximum absolute atomic E-state index is 14.2. The van der Waals surface area contributed by atoms with Gasteiger partial charge in [-0.25, -0.2) is 9.18 Å². The predicted molar refractivity (Wildman–Crippen MR) is 113 cm³/mol. The summed E-state index contributed by atoms with van der Waals surface area (Å²) < 4.78 is 104. The summed E-state index contributed by atoms with van der Waals surface area (Å²) in [4.78, 5) is 11.0. The lowest BCUT2D eigenvalue weighted by atomic mass is 9.92. The van der Waals surface area contributed by atoms with Crippen LogP contribution in [0.4, 0.5) is 30.7 Å². The van der Waals surface area contributed by atoms with Crippen molar-refractivity contribution < 1.29 is 54.9 Å². The predicted octanol–water partition coefficient (Wildman–Crippen LogP) is 6.76. The van der Waals surface area contributed by atoms with Gasteiger partial charge in [-0.05, 0) is 42.5 Å². The molecular formula is C23H15F7O5S. The zero-order valence-corrected chi connectivity index (χ0v) is 18.8. The monoisotopic (exact) mass is 536 g/mol. The van der Waals surface area contributed by atoms with Crippen molar-refractivity contribution in [3.05, 3.63) is 83.6 Å². The van der Waals surface area contributed by atoms with E-state index in [-0.39, 0.29) is 34.1 Å². The maximum atomic E-state index is 14.2. The van der Waals surface area contributed by atoms with Crippen LogP contribution in [0.25, 0.3) is 5.57 Å². The molecule has 2 N–H and O–H groups in total. The fraction of sp³-hybridized carbons (Fsp3) is 0.174. The minimum absolute atomic E-state index is 0.0515. The average Bonchev–Trinajstić information content (AvgIpc) is 3.25. The van der Waals surface area contributed by atoms with Crippen molar-refractivity contribution in [3.8, 4) is 5.75 Å². The van der Waals surface area contributed by atoms with Crippen molar-refractivity contribution in [1.29, 1.82) is 0 Å². The second-order valence-corrected chi connectivity index (χ2v) is 8.39. The smallest absolute Gasteiger partial charge is 0.430 e. The molecule has 0 saturated heterocycles. The van der Waals surface area contributed by atoms with Gasteiger partial charge < -0.3 is 19.4 Å². The number of hydrogen-bond donors (Lipinski definition) is 2. The van der Waals surface area contributed by atoms with E-state index in [1.54, 1.807) is 0 Å². The van der Waals surface area contributed by atoms with Gasteiger partial charge in [-0.3, -0.25) is 0 Å². The topological polar surface area (TPSA) is 79.9 Å². The SMILES string of the molecule is COC(c1cc(F)cc(Sc2ccc(C(=CC(=O)O)c3ccoc3)c(O)c2)c1)(C(F)(F)F)C(F)(F)F. The van der Waals surface area contributed by atoms with Crippen LogP contribution in [0, 0.1) is 5.82 Å². The number of furan rings is 1. The number of alkyl halides is 6. The van der Waals surface area contributed by atoms with Gasteiger partial charge in [0, 0.05) is 45.2 Å². The average molecular weight is 536 g/mol. The molecule has 0 unspecified atom stereocenters. The molecular weight excluding hydrogens is 521 g/mol. The summed E-state index contributed by atoms with van der Waals surface area (Å²) in [6, 6.07) is 6.43. The molecule has 2 aromatic carbocycles. The van der Waals surface area contributed by atoms with E-state index >= 15 is 0 Å². The molecule has 0 spiro atoms. The molecule has 192 valence electrons. The Balaban J connectivity index is 2.04. The second kappa shape index (κ2) is 9.90. The van der Waals surface area contributed by atoms with Crippen molar-refractivity contribution in [3.63, 3.8) is 0 Å². The maximum Gasteiger partial charge on any atom is 0.430 e. The van der Waals surface area contributed by atoms with Crippen molar-refractivity contribution in [2.75, 3.05) is 7.11 Å². The lowest BCUT2D eigenvalue weighted by Crippen LogP contribution is -2.55. The van der Waals surface area contributed by atoms with Gasteiger partial charge in [-0.1, -0.05) is 11.8 Å². The molecule has 0 atom stereocenters. The Morgan fingerprint density at radius 3 is 2.17 bits per heavy atom. The highest BCUT2D eigenvalue weighted by Crippen LogP contribution is 2.53. The first-order valence-electron chi connectivity index (χ1n) is 9.67. The highest BCUT2D eigenvalue weighted by Gasteiger charge is 2.73. The Kier molecular flexibility index (Phi) is 7.46.